The average Bonchev–Trinajstić information content (AvgIpc) is 3.70. The van der Waals surface area contributed by atoms with Crippen molar-refractivity contribution in [3.63, 3.8) is 0 Å². The largest absolute Gasteiger partial charge is 2.00 e. The Bertz CT molecular complexity index is 1320. The molecule has 20 atom stereocenters. The van der Waals surface area contributed by atoms with Crippen LogP contribution in [-0.2, 0) is 36.9 Å². The molecule has 8 nitrogen and oxygen atoms in total. The number of fused-ring (bicyclic) bond motifs is 10. The fourth-order valence-corrected chi connectivity index (χ4v) is 17.4. The van der Waals surface area contributed by atoms with Crippen molar-refractivity contribution < 1.29 is 67.5 Å². The Morgan fingerprint density at radius 3 is 1.26 bits per heavy atom. The Balaban J connectivity index is 0.000000189. The van der Waals surface area contributed by atoms with E-state index in [4.69, 9.17) is 0 Å². The van der Waals surface area contributed by atoms with Crippen LogP contribution in [0, 0.1) is 92.7 Å². The maximum Gasteiger partial charge on any atom is 2.00 e. The molecule has 8 rings (SSSR count). The van der Waals surface area contributed by atoms with Gasteiger partial charge in [-0.05, 0) is 221 Å². The normalized spacial score (nSPS) is 50.8. The van der Waals surface area contributed by atoms with Crippen LogP contribution in [0.5, 0.6) is 0 Å². The molecule has 0 heterocycles. The number of aliphatic hydroxyl groups excluding tert-OH is 4. The standard InChI is InChI=1S/2C24H40O4.Cd/c2*1-14(4-9-22(27)28)18-7-8-19-17-6-5-15-12-16(25)10-11-23(15,2)20(17)13-21(26)24(18,19)3;/h2*14-21,25-26H,4-13H2,1-3H3,(H,27,28);/q;;+2/p-2/t2*14-,15-,16-,17+,18-,19+,20+,21+,23+,24-;/m11./s1. The first kappa shape index (κ1) is 46.2. The molecule has 0 bridgehead atoms. The van der Waals surface area contributed by atoms with Gasteiger partial charge in [0.1, 0.15) is 0 Å². The zero-order valence-electron chi connectivity index (χ0n) is 36.5. The molecule has 8 aliphatic rings. The third-order valence-corrected chi connectivity index (χ3v) is 20.6. The minimum absolute atomic E-state index is 0. The Kier molecular flexibility index (Phi) is 14.2. The molecule has 0 aromatic carbocycles. The predicted octanol–water partition coefficient (Wildman–Crippen LogP) is 6.28. The number of aliphatic carboxylic acids is 2. The molecule has 0 aliphatic heterocycles. The molecule has 0 spiro atoms. The molecule has 0 saturated heterocycles. The fourth-order valence-electron chi connectivity index (χ4n) is 17.4. The van der Waals surface area contributed by atoms with Crippen LogP contribution >= 0.6 is 0 Å². The van der Waals surface area contributed by atoms with Crippen LogP contribution in [-0.4, -0.2) is 56.8 Å². The van der Waals surface area contributed by atoms with Crippen LogP contribution in [0.3, 0.4) is 0 Å². The quantitative estimate of drug-likeness (QED) is 0.207. The van der Waals surface area contributed by atoms with Gasteiger partial charge in [-0.1, -0.05) is 41.5 Å². The van der Waals surface area contributed by atoms with Gasteiger partial charge in [-0.3, -0.25) is 0 Å². The zero-order chi connectivity index (χ0) is 40.5. The summed E-state index contributed by atoms with van der Waals surface area (Å²) in [6.07, 6.45) is 18.0. The van der Waals surface area contributed by atoms with Gasteiger partial charge in [0.25, 0.3) is 0 Å². The topological polar surface area (TPSA) is 161 Å². The van der Waals surface area contributed by atoms with Crippen molar-refractivity contribution in [2.45, 2.75) is 194 Å². The molecule has 0 aromatic rings. The summed E-state index contributed by atoms with van der Waals surface area (Å²) in [5, 5.41) is 65.2. The number of hydrogen-bond acceptors (Lipinski definition) is 8. The number of carbonyl (C=O) groups is 2. The Morgan fingerprint density at radius 2 is 0.912 bits per heavy atom. The predicted molar refractivity (Wildman–Crippen MR) is 212 cm³/mol. The van der Waals surface area contributed by atoms with Gasteiger partial charge in [0.05, 0.1) is 24.4 Å². The summed E-state index contributed by atoms with van der Waals surface area (Å²) in [7, 11) is 0. The van der Waals surface area contributed by atoms with E-state index >= 15 is 0 Å². The van der Waals surface area contributed by atoms with E-state index < -0.39 is 11.9 Å². The zero-order valence-corrected chi connectivity index (χ0v) is 40.5. The molecule has 8 saturated carbocycles. The summed E-state index contributed by atoms with van der Waals surface area (Å²) in [4.78, 5) is 21.9. The number of hydrogen-bond donors (Lipinski definition) is 4. The molecule has 9 heteroatoms. The second kappa shape index (κ2) is 17.5. The third kappa shape index (κ3) is 8.00. The molecule has 8 aliphatic carbocycles. The first-order valence-electron chi connectivity index (χ1n) is 23.5. The van der Waals surface area contributed by atoms with E-state index in [0.717, 1.165) is 64.2 Å². The van der Waals surface area contributed by atoms with Gasteiger partial charge in [0.15, 0.2) is 0 Å². The first-order chi connectivity index (χ1) is 26.3. The number of aliphatic hydroxyl groups is 4. The maximum absolute atomic E-state index is 11.5. The Hall–Kier alpha value is -0.298. The fraction of sp³-hybridized carbons (Fsp3) is 0.958. The Morgan fingerprint density at radius 1 is 0.544 bits per heavy atom. The third-order valence-electron chi connectivity index (χ3n) is 20.6. The van der Waals surface area contributed by atoms with E-state index in [0.29, 0.717) is 83.9 Å². The molecule has 8 fully saturated rings. The van der Waals surface area contributed by atoms with Crippen molar-refractivity contribution in [1.29, 1.82) is 0 Å². The van der Waals surface area contributed by atoms with Gasteiger partial charge in [-0.2, -0.15) is 0 Å². The number of carbonyl (C=O) groups excluding carboxylic acids is 2. The van der Waals surface area contributed by atoms with Crippen molar-refractivity contribution in [2.24, 2.45) is 92.7 Å². The second-order valence-electron chi connectivity index (χ2n) is 22.5. The summed E-state index contributed by atoms with van der Waals surface area (Å²) in [6.45, 7) is 13.9. The maximum atomic E-state index is 11.5. The van der Waals surface area contributed by atoms with E-state index in [-0.39, 0.29) is 86.2 Å². The first-order valence-corrected chi connectivity index (χ1v) is 23.5. The van der Waals surface area contributed by atoms with Crippen molar-refractivity contribution in [3.8, 4) is 0 Å². The summed E-state index contributed by atoms with van der Waals surface area (Å²) >= 11 is 0. The van der Waals surface area contributed by atoms with E-state index in [9.17, 15) is 40.2 Å². The molecule has 0 amide bonds. The SMILES string of the molecule is C[C@H](CCC(=O)[O-])[C@H]1CC[C@H]2[C@@H]3CC[C@@H]4C[C@H](O)CC[C@]4(C)[C@H]3C[C@H](O)[C@]12C.C[C@H](CCC(=O)[O-])[C@H]1CC[C@H]2[C@@H]3CC[C@@H]4C[C@H](O)CC[C@]4(C)[C@H]3C[C@H](O)[C@]12C.[Cd+2]. The summed E-state index contributed by atoms with van der Waals surface area (Å²) < 4.78 is 0. The molecule has 0 radical (unpaired) electrons. The van der Waals surface area contributed by atoms with E-state index in [1.54, 1.807) is 0 Å². The van der Waals surface area contributed by atoms with Gasteiger partial charge < -0.3 is 40.2 Å². The van der Waals surface area contributed by atoms with Gasteiger partial charge >= 0.3 is 27.3 Å². The molecule has 0 aromatic heterocycles. The number of rotatable bonds is 8. The number of carboxylic acid groups (broad SMARTS) is 2. The van der Waals surface area contributed by atoms with Crippen LogP contribution in [0.25, 0.3) is 0 Å². The van der Waals surface area contributed by atoms with Gasteiger partial charge in [0, 0.05) is 11.9 Å². The van der Waals surface area contributed by atoms with Gasteiger partial charge in [-0.15, -0.1) is 0 Å². The summed E-state index contributed by atoms with van der Waals surface area (Å²) in [5.74, 6) is 4.37. The molecule has 320 valence electrons. The van der Waals surface area contributed by atoms with Crippen molar-refractivity contribution in [3.05, 3.63) is 0 Å². The van der Waals surface area contributed by atoms with Crippen LogP contribution in [0.1, 0.15) is 170 Å². The van der Waals surface area contributed by atoms with Crippen LogP contribution in [0.4, 0.5) is 0 Å². The van der Waals surface area contributed by atoms with Crippen molar-refractivity contribution >= 4 is 11.9 Å². The molecule has 4 N–H and O–H groups in total. The van der Waals surface area contributed by atoms with Crippen LogP contribution in [0.15, 0.2) is 0 Å². The smallest absolute Gasteiger partial charge is 0.550 e. The summed E-state index contributed by atoms with van der Waals surface area (Å²) in [6, 6.07) is 0. The molecule has 0 unspecified atom stereocenters. The van der Waals surface area contributed by atoms with E-state index in [1.165, 1.54) is 38.5 Å². The second-order valence-corrected chi connectivity index (χ2v) is 22.5. The van der Waals surface area contributed by atoms with Crippen molar-refractivity contribution in [1.82, 2.24) is 0 Å². The number of carboxylic acids is 2. The van der Waals surface area contributed by atoms with Crippen molar-refractivity contribution in [2.75, 3.05) is 0 Å². The van der Waals surface area contributed by atoms with Gasteiger partial charge in [-0.25, -0.2) is 0 Å². The van der Waals surface area contributed by atoms with Crippen LogP contribution in [0.2, 0.25) is 0 Å². The molecule has 57 heavy (non-hydrogen) atoms. The van der Waals surface area contributed by atoms with Crippen LogP contribution < -0.4 is 10.2 Å². The van der Waals surface area contributed by atoms with E-state index in [1.807, 2.05) is 0 Å². The minimum Gasteiger partial charge on any atom is -0.550 e. The monoisotopic (exact) mass is 896 g/mol. The minimum atomic E-state index is -0.957. The average molecular weight is 896 g/mol. The van der Waals surface area contributed by atoms with Gasteiger partial charge in [0.2, 0.25) is 0 Å². The van der Waals surface area contributed by atoms with E-state index in [2.05, 4.69) is 41.5 Å². The molecular weight excluding hydrogens is 817 g/mol. The summed E-state index contributed by atoms with van der Waals surface area (Å²) in [5.41, 5.74) is 0.375. The Labute approximate surface area is 364 Å². The molecular formula is C48H78CdO8.